The van der Waals surface area contributed by atoms with E-state index in [4.69, 9.17) is 16.7 Å². The number of carbonyl (C=O) groups is 2. The minimum atomic E-state index is -0.789. The third-order valence-corrected chi connectivity index (χ3v) is 5.66. The van der Waals surface area contributed by atoms with Gasteiger partial charge in [-0.2, -0.15) is 0 Å². The van der Waals surface area contributed by atoms with Gasteiger partial charge in [0.2, 0.25) is 5.91 Å². The Balaban J connectivity index is 1.52. The summed E-state index contributed by atoms with van der Waals surface area (Å²) in [6, 6.07) is 8.04. The van der Waals surface area contributed by atoms with Crippen molar-refractivity contribution in [2.45, 2.75) is 38.1 Å². The standard InChI is InChI=1S/C19H25ClN2O3/c1-2-21(12-18(23)24)15-6-8-22(9-7-15)19(25)17-11-16(17)13-4-3-5-14(20)10-13/h3-5,10,15-17H,2,6-9,11-12H2,1H3,(H,23,24). The zero-order chi connectivity index (χ0) is 18.0. The zero-order valence-electron chi connectivity index (χ0n) is 14.5. The number of rotatable bonds is 6. The van der Waals surface area contributed by atoms with Gasteiger partial charge in [-0.1, -0.05) is 30.7 Å². The largest absolute Gasteiger partial charge is 0.480 e. The molecule has 136 valence electrons. The van der Waals surface area contributed by atoms with E-state index in [-0.39, 0.29) is 24.4 Å². The highest BCUT2D eigenvalue weighted by atomic mass is 35.5. The topological polar surface area (TPSA) is 60.9 Å². The molecule has 1 aliphatic carbocycles. The van der Waals surface area contributed by atoms with E-state index in [0.29, 0.717) is 5.92 Å². The van der Waals surface area contributed by atoms with Gasteiger partial charge in [-0.3, -0.25) is 14.5 Å². The summed E-state index contributed by atoms with van der Waals surface area (Å²) in [6.07, 6.45) is 2.60. The highest BCUT2D eigenvalue weighted by Crippen LogP contribution is 2.49. The number of carbonyl (C=O) groups excluding carboxylic acids is 1. The number of hydrogen-bond donors (Lipinski definition) is 1. The van der Waals surface area contributed by atoms with E-state index in [1.807, 2.05) is 41.0 Å². The molecule has 0 aromatic heterocycles. The van der Waals surface area contributed by atoms with E-state index in [1.165, 1.54) is 0 Å². The van der Waals surface area contributed by atoms with Crippen molar-refractivity contribution in [1.29, 1.82) is 0 Å². The van der Waals surface area contributed by atoms with Crippen LogP contribution in [0, 0.1) is 5.92 Å². The highest BCUT2D eigenvalue weighted by molar-refractivity contribution is 6.30. The summed E-state index contributed by atoms with van der Waals surface area (Å²) in [7, 11) is 0. The van der Waals surface area contributed by atoms with E-state index in [1.54, 1.807) is 0 Å². The van der Waals surface area contributed by atoms with Crippen molar-refractivity contribution in [1.82, 2.24) is 9.80 Å². The summed E-state index contributed by atoms with van der Waals surface area (Å²) >= 11 is 6.05. The summed E-state index contributed by atoms with van der Waals surface area (Å²) in [4.78, 5) is 27.7. The summed E-state index contributed by atoms with van der Waals surface area (Å²) < 4.78 is 0. The molecule has 0 bridgehead atoms. The van der Waals surface area contributed by atoms with Crippen molar-refractivity contribution in [2.75, 3.05) is 26.2 Å². The van der Waals surface area contributed by atoms with Crippen molar-refractivity contribution in [3.63, 3.8) is 0 Å². The molecule has 1 saturated carbocycles. The molecule has 5 nitrogen and oxygen atoms in total. The van der Waals surface area contributed by atoms with Crippen LogP contribution in [-0.2, 0) is 9.59 Å². The van der Waals surface area contributed by atoms with Crippen LogP contribution in [0.25, 0.3) is 0 Å². The Kier molecular flexibility index (Phi) is 5.64. The lowest BCUT2D eigenvalue weighted by Crippen LogP contribution is -2.48. The van der Waals surface area contributed by atoms with Crippen molar-refractivity contribution in [3.05, 3.63) is 34.9 Å². The number of amides is 1. The number of likely N-dealkylation sites (N-methyl/N-ethyl adjacent to an activating group) is 1. The molecule has 1 saturated heterocycles. The molecule has 25 heavy (non-hydrogen) atoms. The smallest absolute Gasteiger partial charge is 0.317 e. The Hall–Kier alpha value is -1.59. The number of likely N-dealkylation sites (tertiary alicyclic amines) is 1. The van der Waals surface area contributed by atoms with E-state index < -0.39 is 5.97 Å². The van der Waals surface area contributed by atoms with Gasteiger partial charge >= 0.3 is 5.97 Å². The molecule has 1 aromatic carbocycles. The van der Waals surface area contributed by atoms with Crippen molar-refractivity contribution in [3.8, 4) is 0 Å². The summed E-state index contributed by atoms with van der Waals surface area (Å²) in [5.74, 6) is -0.174. The van der Waals surface area contributed by atoms with Gasteiger partial charge in [-0.05, 0) is 49.4 Å². The van der Waals surface area contributed by atoms with Crippen LogP contribution in [0.15, 0.2) is 24.3 Å². The molecular formula is C19H25ClN2O3. The Bertz CT molecular complexity index is 643. The zero-order valence-corrected chi connectivity index (χ0v) is 15.3. The van der Waals surface area contributed by atoms with E-state index in [9.17, 15) is 9.59 Å². The highest BCUT2D eigenvalue weighted by Gasteiger charge is 2.46. The molecule has 3 rings (SSSR count). The van der Waals surface area contributed by atoms with Gasteiger partial charge in [-0.25, -0.2) is 0 Å². The van der Waals surface area contributed by atoms with E-state index in [0.717, 1.165) is 49.5 Å². The van der Waals surface area contributed by atoms with Crippen LogP contribution in [0.4, 0.5) is 0 Å². The molecular weight excluding hydrogens is 340 g/mol. The average molecular weight is 365 g/mol. The second-order valence-electron chi connectivity index (χ2n) is 7.02. The molecule has 2 atom stereocenters. The SMILES string of the molecule is CCN(CC(=O)O)C1CCN(C(=O)C2CC2c2cccc(Cl)c2)CC1. The first kappa shape index (κ1) is 18.2. The molecule has 2 fully saturated rings. The molecule has 1 aromatic rings. The second-order valence-corrected chi connectivity index (χ2v) is 7.45. The molecule has 1 heterocycles. The first-order valence-corrected chi connectivity index (χ1v) is 9.37. The fourth-order valence-electron chi connectivity index (χ4n) is 3.93. The minimum Gasteiger partial charge on any atom is -0.480 e. The average Bonchev–Trinajstić information content (AvgIpc) is 3.40. The Labute approximate surface area is 153 Å². The third kappa shape index (κ3) is 4.33. The first-order chi connectivity index (χ1) is 12.0. The van der Waals surface area contributed by atoms with Crippen LogP contribution < -0.4 is 0 Å². The number of aliphatic carboxylic acids is 1. The van der Waals surface area contributed by atoms with Gasteiger partial charge in [0.15, 0.2) is 0 Å². The monoisotopic (exact) mass is 364 g/mol. The lowest BCUT2D eigenvalue weighted by Gasteiger charge is -2.37. The van der Waals surface area contributed by atoms with Crippen LogP contribution in [0.3, 0.4) is 0 Å². The molecule has 2 aliphatic rings. The van der Waals surface area contributed by atoms with Crippen molar-refractivity contribution < 1.29 is 14.7 Å². The molecule has 6 heteroatoms. The first-order valence-electron chi connectivity index (χ1n) is 8.99. The van der Waals surface area contributed by atoms with Gasteiger partial charge < -0.3 is 10.0 Å². The van der Waals surface area contributed by atoms with Crippen LogP contribution in [0.2, 0.25) is 5.02 Å². The van der Waals surface area contributed by atoms with Crippen LogP contribution in [0.1, 0.15) is 37.7 Å². The lowest BCUT2D eigenvalue weighted by atomic mass is 10.0. The van der Waals surface area contributed by atoms with Gasteiger partial charge in [-0.15, -0.1) is 0 Å². The van der Waals surface area contributed by atoms with Gasteiger partial charge in [0.1, 0.15) is 0 Å². The number of benzene rings is 1. The minimum absolute atomic E-state index is 0.0780. The fraction of sp³-hybridized carbons (Fsp3) is 0.579. The van der Waals surface area contributed by atoms with Gasteiger partial charge in [0.25, 0.3) is 0 Å². The second kappa shape index (κ2) is 7.75. The Morgan fingerprint density at radius 1 is 1.32 bits per heavy atom. The molecule has 1 amide bonds. The van der Waals surface area contributed by atoms with Crippen molar-refractivity contribution in [2.24, 2.45) is 5.92 Å². The summed E-state index contributed by atoms with van der Waals surface area (Å²) in [5, 5.41) is 9.73. The number of nitrogens with zero attached hydrogens (tertiary/aromatic N) is 2. The van der Waals surface area contributed by atoms with Crippen LogP contribution in [-0.4, -0.2) is 59.0 Å². The number of halogens is 1. The molecule has 1 N–H and O–H groups in total. The van der Waals surface area contributed by atoms with Crippen LogP contribution in [0.5, 0.6) is 0 Å². The molecule has 0 radical (unpaired) electrons. The molecule has 2 unspecified atom stereocenters. The fourth-order valence-corrected chi connectivity index (χ4v) is 4.13. The number of hydrogen-bond acceptors (Lipinski definition) is 3. The number of carboxylic acids is 1. The maximum absolute atomic E-state index is 12.7. The summed E-state index contributed by atoms with van der Waals surface area (Å²) in [5.41, 5.74) is 1.15. The third-order valence-electron chi connectivity index (χ3n) is 5.42. The van der Waals surface area contributed by atoms with Crippen LogP contribution >= 0.6 is 11.6 Å². The van der Waals surface area contributed by atoms with Gasteiger partial charge in [0, 0.05) is 30.1 Å². The normalized spacial score (nSPS) is 23.7. The molecule has 0 spiro atoms. The maximum Gasteiger partial charge on any atom is 0.317 e. The molecule has 1 aliphatic heterocycles. The van der Waals surface area contributed by atoms with Gasteiger partial charge in [0.05, 0.1) is 6.54 Å². The van der Waals surface area contributed by atoms with E-state index in [2.05, 4.69) is 0 Å². The maximum atomic E-state index is 12.7. The Morgan fingerprint density at radius 2 is 2.04 bits per heavy atom. The quantitative estimate of drug-likeness (QED) is 0.843. The lowest BCUT2D eigenvalue weighted by molar-refractivity contribution is -0.140. The number of carboxylic acid groups (broad SMARTS) is 1. The Morgan fingerprint density at radius 3 is 2.64 bits per heavy atom. The number of piperidine rings is 1. The summed E-state index contributed by atoms with van der Waals surface area (Å²) in [6.45, 7) is 4.23. The van der Waals surface area contributed by atoms with Crippen molar-refractivity contribution >= 4 is 23.5 Å². The predicted molar refractivity (Wildman–Crippen MR) is 96.8 cm³/mol. The predicted octanol–water partition coefficient (Wildman–Crippen LogP) is 2.84. The van der Waals surface area contributed by atoms with E-state index >= 15 is 0 Å².